The number of rotatable bonds is 4. The summed E-state index contributed by atoms with van der Waals surface area (Å²) in [7, 11) is 0.474. The van der Waals surface area contributed by atoms with Crippen molar-refractivity contribution in [2.45, 2.75) is 30.2 Å². The first-order valence-corrected chi connectivity index (χ1v) is 9.58. The van der Waals surface area contributed by atoms with Crippen molar-refractivity contribution in [3.63, 3.8) is 0 Å². The average molecular weight is 338 g/mol. The molecular weight excluding hydrogens is 312 g/mol. The Hall–Kier alpha value is -0.950. The minimum atomic E-state index is -3.37. The molecule has 0 aromatic heterocycles. The van der Waals surface area contributed by atoms with Gasteiger partial charge in [-0.3, -0.25) is 4.90 Å². The van der Waals surface area contributed by atoms with Crippen LogP contribution in [-0.4, -0.2) is 63.6 Å². The average Bonchev–Trinajstić information content (AvgIpc) is 2.47. The molecule has 128 valence electrons. The lowest BCUT2D eigenvalue weighted by molar-refractivity contribution is -0.0547. The van der Waals surface area contributed by atoms with Gasteiger partial charge in [-0.05, 0) is 51.4 Å². The lowest BCUT2D eigenvalue weighted by atomic mass is 9.77. The molecule has 2 fully saturated rings. The van der Waals surface area contributed by atoms with E-state index in [9.17, 15) is 8.42 Å². The summed E-state index contributed by atoms with van der Waals surface area (Å²) in [6, 6.07) is 7.11. The van der Waals surface area contributed by atoms with Crippen molar-refractivity contribution in [3.05, 3.63) is 29.8 Å². The zero-order valence-corrected chi connectivity index (χ0v) is 15.0. The molecule has 0 radical (unpaired) electrons. The van der Waals surface area contributed by atoms with Gasteiger partial charge >= 0.3 is 0 Å². The van der Waals surface area contributed by atoms with Crippen LogP contribution in [-0.2, 0) is 14.8 Å². The predicted octanol–water partition coefficient (Wildman–Crippen LogP) is 1.73. The van der Waals surface area contributed by atoms with E-state index in [1.807, 2.05) is 19.1 Å². The number of sulfonamides is 1. The van der Waals surface area contributed by atoms with Crippen LogP contribution in [0, 0.1) is 12.8 Å². The van der Waals surface area contributed by atoms with Crippen molar-refractivity contribution in [3.8, 4) is 0 Å². The Kier molecular flexibility index (Phi) is 4.53. The van der Waals surface area contributed by atoms with E-state index in [1.165, 1.54) is 0 Å². The minimum Gasteiger partial charge on any atom is -0.384 e. The van der Waals surface area contributed by atoms with Gasteiger partial charge in [-0.25, -0.2) is 8.42 Å². The van der Waals surface area contributed by atoms with Crippen molar-refractivity contribution in [1.82, 2.24) is 9.21 Å². The molecule has 3 rings (SSSR count). The highest BCUT2D eigenvalue weighted by atomic mass is 32.2. The maximum Gasteiger partial charge on any atom is 0.243 e. The van der Waals surface area contributed by atoms with Gasteiger partial charge in [-0.15, -0.1) is 0 Å². The van der Waals surface area contributed by atoms with Gasteiger partial charge in [-0.1, -0.05) is 17.7 Å². The SMILES string of the molecule is COC[C@@H]1CCN(C)C2(C1)CN(S(=O)(=O)c1ccc(C)cc1)C2. The first-order valence-electron chi connectivity index (χ1n) is 8.14. The van der Waals surface area contributed by atoms with Gasteiger partial charge in [0.2, 0.25) is 10.0 Å². The van der Waals surface area contributed by atoms with Crippen LogP contribution in [0.2, 0.25) is 0 Å². The smallest absolute Gasteiger partial charge is 0.243 e. The van der Waals surface area contributed by atoms with Crippen LogP contribution < -0.4 is 0 Å². The monoisotopic (exact) mass is 338 g/mol. The highest BCUT2D eigenvalue weighted by molar-refractivity contribution is 7.89. The molecule has 1 spiro atoms. The number of likely N-dealkylation sites (tertiary alicyclic amines) is 1. The number of likely N-dealkylation sites (N-methyl/N-ethyl adjacent to an activating group) is 1. The van der Waals surface area contributed by atoms with E-state index in [2.05, 4.69) is 11.9 Å². The molecule has 1 aromatic carbocycles. The zero-order chi connectivity index (χ0) is 16.7. The highest BCUT2D eigenvalue weighted by Gasteiger charge is 2.53. The Balaban J connectivity index is 1.72. The Morgan fingerprint density at radius 3 is 2.52 bits per heavy atom. The Morgan fingerprint density at radius 1 is 1.26 bits per heavy atom. The molecule has 1 atom stereocenters. The summed E-state index contributed by atoms with van der Waals surface area (Å²) in [6.45, 7) is 4.90. The number of hydrogen-bond donors (Lipinski definition) is 0. The molecule has 1 aromatic rings. The van der Waals surface area contributed by atoms with Crippen molar-refractivity contribution in [2.75, 3.05) is 40.4 Å². The summed E-state index contributed by atoms with van der Waals surface area (Å²) in [5.41, 5.74) is 1.05. The highest BCUT2D eigenvalue weighted by Crippen LogP contribution is 2.40. The van der Waals surface area contributed by atoms with E-state index in [-0.39, 0.29) is 5.54 Å². The Bertz CT molecular complexity index is 651. The molecule has 0 bridgehead atoms. The second kappa shape index (κ2) is 6.16. The number of ether oxygens (including phenoxy) is 1. The molecule has 2 saturated heterocycles. The van der Waals surface area contributed by atoms with Crippen molar-refractivity contribution < 1.29 is 13.2 Å². The maximum atomic E-state index is 12.7. The number of hydrogen-bond acceptors (Lipinski definition) is 4. The quantitative estimate of drug-likeness (QED) is 0.839. The first kappa shape index (κ1) is 16.9. The number of benzene rings is 1. The van der Waals surface area contributed by atoms with Gasteiger partial charge in [0.1, 0.15) is 0 Å². The normalized spacial score (nSPS) is 25.4. The van der Waals surface area contributed by atoms with E-state index < -0.39 is 10.0 Å². The summed E-state index contributed by atoms with van der Waals surface area (Å²) in [5.74, 6) is 0.528. The molecule has 23 heavy (non-hydrogen) atoms. The van der Waals surface area contributed by atoms with Crippen LogP contribution in [0.1, 0.15) is 18.4 Å². The second-order valence-corrected chi connectivity index (χ2v) is 8.98. The Morgan fingerprint density at radius 2 is 1.91 bits per heavy atom. The predicted molar refractivity (Wildman–Crippen MR) is 89.9 cm³/mol. The minimum absolute atomic E-state index is 0.0147. The number of piperidine rings is 1. The fourth-order valence-corrected chi connectivity index (χ4v) is 5.40. The molecule has 2 aliphatic rings. The van der Waals surface area contributed by atoms with Crippen LogP contribution in [0.3, 0.4) is 0 Å². The Labute approximate surface area is 139 Å². The van der Waals surface area contributed by atoms with Gasteiger partial charge in [0.15, 0.2) is 0 Å². The van der Waals surface area contributed by atoms with Gasteiger partial charge in [-0.2, -0.15) is 4.31 Å². The van der Waals surface area contributed by atoms with Crippen LogP contribution >= 0.6 is 0 Å². The van der Waals surface area contributed by atoms with Crippen LogP contribution in [0.15, 0.2) is 29.2 Å². The third-order valence-corrected chi connectivity index (χ3v) is 7.16. The lowest BCUT2D eigenvalue weighted by Gasteiger charge is -2.57. The summed E-state index contributed by atoms with van der Waals surface area (Å²) >= 11 is 0. The van der Waals surface area contributed by atoms with Crippen molar-refractivity contribution >= 4 is 10.0 Å². The standard InChI is InChI=1S/C17H26N2O3S/c1-14-4-6-16(7-5-14)23(20,21)19-12-17(13-19)10-15(11-22-3)8-9-18(17)2/h4-7,15H,8-13H2,1-3H3/t15-/m1/s1. The fourth-order valence-electron chi connectivity index (χ4n) is 3.80. The zero-order valence-electron chi connectivity index (χ0n) is 14.2. The molecule has 0 saturated carbocycles. The van der Waals surface area contributed by atoms with Gasteiger partial charge in [0.05, 0.1) is 4.90 Å². The largest absolute Gasteiger partial charge is 0.384 e. The van der Waals surface area contributed by atoms with E-state index in [0.717, 1.165) is 31.6 Å². The number of nitrogens with zero attached hydrogens (tertiary/aromatic N) is 2. The van der Waals surface area contributed by atoms with E-state index in [4.69, 9.17) is 4.74 Å². The third kappa shape index (κ3) is 3.05. The molecule has 2 aliphatic heterocycles. The summed E-state index contributed by atoms with van der Waals surface area (Å²) in [5, 5.41) is 0. The van der Waals surface area contributed by atoms with Crippen LogP contribution in [0.25, 0.3) is 0 Å². The summed E-state index contributed by atoms with van der Waals surface area (Å²) < 4.78 is 32.4. The van der Waals surface area contributed by atoms with Crippen LogP contribution in [0.5, 0.6) is 0 Å². The maximum absolute atomic E-state index is 12.7. The van der Waals surface area contributed by atoms with Crippen molar-refractivity contribution in [1.29, 1.82) is 0 Å². The molecule has 0 unspecified atom stereocenters. The molecule has 0 aliphatic carbocycles. The molecule has 0 amide bonds. The van der Waals surface area contributed by atoms with E-state index in [0.29, 0.717) is 23.9 Å². The summed E-state index contributed by atoms with van der Waals surface area (Å²) in [4.78, 5) is 2.73. The van der Waals surface area contributed by atoms with Gasteiger partial charge in [0, 0.05) is 32.3 Å². The number of aryl methyl sites for hydroxylation is 1. The van der Waals surface area contributed by atoms with Crippen molar-refractivity contribution in [2.24, 2.45) is 5.92 Å². The molecular formula is C17H26N2O3S. The van der Waals surface area contributed by atoms with Crippen LogP contribution in [0.4, 0.5) is 0 Å². The summed E-state index contributed by atoms with van der Waals surface area (Å²) in [6.07, 6.45) is 2.13. The van der Waals surface area contributed by atoms with Gasteiger partial charge < -0.3 is 4.74 Å². The molecule has 6 heteroatoms. The number of methoxy groups -OCH3 is 1. The van der Waals surface area contributed by atoms with E-state index >= 15 is 0 Å². The topological polar surface area (TPSA) is 49.9 Å². The molecule has 5 nitrogen and oxygen atoms in total. The van der Waals surface area contributed by atoms with Gasteiger partial charge in [0.25, 0.3) is 0 Å². The second-order valence-electron chi connectivity index (χ2n) is 7.05. The fraction of sp³-hybridized carbons (Fsp3) is 0.647. The first-order chi connectivity index (χ1) is 10.9. The lowest BCUT2D eigenvalue weighted by Crippen LogP contribution is -2.72. The molecule has 0 N–H and O–H groups in total. The van der Waals surface area contributed by atoms with E-state index in [1.54, 1.807) is 23.5 Å². The third-order valence-electron chi connectivity index (χ3n) is 5.35. The molecule has 2 heterocycles.